The molecule has 0 fully saturated rings. The van der Waals surface area contributed by atoms with Crippen molar-refractivity contribution in [3.05, 3.63) is 59.9 Å². The summed E-state index contributed by atoms with van der Waals surface area (Å²) in [7, 11) is 0. The zero-order chi connectivity index (χ0) is 15.8. The third kappa shape index (κ3) is 5.00. The second-order valence-electron chi connectivity index (χ2n) is 4.68. The molecule has 0 bridgehead atoms. The molecule has 3 nitrogen and oxygen atoms in total. The van der Waals surface area contributed by atoms with Crippen molar-refractivity contribution < 1.29 is 9.13 Å². The molecule has 5 heteroatoms. The van der Waals surface area contributed by atoms with Gasteiger partial charge in [0.15, 0.2) is 5.11 Å². The monoisotopic (exact) mass is 318 g/mol. The van der Waals surface area contributed by atoms with Crippen LogP contribution < -0.4 is 15.4 Å². The number of nitrogens with one attached hydrogen (secondary N) is 2. The lowest BCUT2D eigenvalue weighted by Gasteiger charge is -2.11. The number of halogens is 1. The van der Waals surface area contributed by atoms with Gasteiger partial charge in [0, 0.05) is 12.2 Å². The van der Waals surface area contributed by atoms with Crippen LogP contribution in [0.25, 0.3) is 0 Å². The maximum Gasteiger partial charge on any atom is 0.170 e. The highest BCUT2D eigenvalue weighted by atomic mass is 32.1. The van der Waals surface area contributed by atoms with E-state index in [9.17, 15) is 4.39 Å². The Balaban J connectivity index is 1.77. The number of hydrogen-bond acceptors (Lipinski definition) is 2. The second kappa shape index (κ2) is 8.34. The van der Waals surface area contributed by atoms with Crippen LogP contribution in [-0.2, 0) is 6.42 Å². The summed E-state index contributed by atoms with van der Waals surface area (Å²) in [6.07, 6.45) is 0.581. The number of benzene rings is 2. The van der Waals surface area contributed by atoms with Crippen molar-refractivity contribution in [3.63, 3.8) is 0 Å². The van der Waals surface area contributed by atoms with Crippen LogP contribution in [-0.4, -0.2) is 18.3 Å². The third-order valence-corrected chi connectivity index (χ3v) is 3.31. The van der Waals surface area contributed by atoms with Crippen LogP contribution in [0.1, 0.15) is 12.5 Å². The summed E-state index contributed by atoms with van der Waals surface area (Å²) in [6, 6.07) is 14.3. The Morgan fingerprint density at radius 3 is 2.55 bits per heavy atom. The molecule has 116 valence electrons. The fraction of sp³-hybridized carbons (Fsp3) is 0.235. The van der Waals surface area contributed by atoms with E-state index in [4.69, 9.17) is 17.0 Å². The molecule has 22 heavy (non-hydrogen) atoms. The van der Waals surface area contributed by atoms with Crippen molar-refractivity contribution in [2.75, 3.05) is 18.5 Å². The normalized spacial score (nSPS) is 10.1. The molecule has 2 aromatic carbocycles. The molecule has 0 amide bonds. The third-order valence-electron chi connectivity index (χ3n) is 3.06. The molecule has 2 rings (SSSR count). The summed E-state index contributed by atoms with van der Waals surface area (Å²) in [4.78, 5) is 0. The fourth-order valence-corrected chi connectivity index (χ4v) is 2.21. The first kappa shape index (κ1) is 16.2. The van der Waals surface area contributed by atoms with E-state index >= 15 is 0 Å². The van der Waals surface area contributed by atoms with Crippen molar-refractivity contribution in [2.45, 2.75) is 13.3 Å². The van der Waals surface area contributed by atoms with Gasteiger partial charge in [0.25, 0.3) is 0 Å². The fourth-order valence-electron chi connectivity index (χ4n) is 1.99. The highest BCUT2D eigenvalue weighted by molar-refractivity contribution is 7.80. The SMILES string of the molecule is CCOc1ccc(NC(=S)NCCc2ccccc2F)cc1. The Morgan fingerprint density at radius 2 is 1.86 bits per heavy atom. The first-order valence-corrected chi connectivity index (χ1v) is 7.61. The highest BCUT2D eigenvalue weighted by Crippen LogP contribution is 2.15. The van der Waals surface area contributed by atoms with Crippen LogP contribution in [0.4, 0.5) is 10.1 Å². The number of anilines is 1. The van der Waals surface area contributed by atoms with Crippen LogP contribution >= 0.6 is 12.2 Å². The maximum atomic E-state index is 13.5. The molecule has 0 aliphatic heterocycles. The van der Waals surface area contributed by atoms with Crippen molar-refractivity contribution in [3.8, 4) is 5.75 Å². The lowest BCUT2D eigenvalue weighted by Crippen LogP contribution is -2.30. The maximum absolute atomic E-state index is 13.5. The van der Waals surface area contributed by atoms with Crippen LogP contribution in [0.5, 0.6) is 5.75 Å². The molecule has 0 atom stereocenters. The van der Waals surface area contributed by atoms with Crippen molar-refractivity contribution >= 4 is 23.0 Å². The van der Waals surface area contributed by atoms with Crippen molar-refractivity contribution in [2.24, 2.45) is 0 Å². The minimum absolute atomic E-state index is 0.185. The Morgan fingerprint density at radius 1 is 1.14 bits per heavy atom. The predicted molar refractivity (Wildman–Crippen MR) is 91.9 cm³/mol. The molecule has 2 aromatic rings. The molecule has 0 aliphatic rings. The molecule has 0 aromatic heterocycles. The van der Waals surface area contributed by atoms with E-state index in [0.29, 0.717) is 30.2 Å². The average molecular weight is 318 g/mol. The molecular formula is C17H19FN2OS. The summed E-state index contributed by atoms with van der Waals surface area (Å²) in [5.74, 6) is 0.640. The summed E-state index contributed by atoms with van der Waals surface area (Å²) >= 11 is 5.22. The molecule has 0 aliphatic carbocycles. The van der Waals surface area contributed by atoms with E-state index in [1.165, 1.54) is 6.07 Å². The zero-order valence-electron chi connectivity index (χ0n) is 12.4. The molecular weight excluding hydrogens is 299 g/mol. The van der Waals surface area contributed by atoms with Gasteiger partial charge in [0.2, 0.25) is 0 Å². The van der Waals surface area contributed by atoms with Crippen molar-refractivity contribution in [1.29, 1.82) is 0 Å². The van der Waals surface area contributed by atoms with Gasteiger partial charge in [-0.25, -0.2) is 4.39 Å². The highest BCUT2D eigenvalue weighted by Gasteiger charge is 2.02. The van der Waals surface area contributed by atoms with Crippen LogP contribution in [0, 0.1) is 5.82 Å². The van der Waals surface area contributed by atoms with Gasteiger partial charge in [0.1, 0.15) is 11.6 Å². The first-order chi connectivity index (χ1) is 10.7. The molecule has 0 heterocycles. The minimum atomic E-state index is -0.185. The molecule has 0 unspecified atom stereocenters. The Bertz CT molecular complexity index is 616. The topological polar surface area (TPSA) is 33.3 Å². The van der Waals surface area contributed by atoms with E-state index in [-0.39, 0.29) is 5.82 Å². The van der Waals surface area contributed by atoms with E-state index in [1.807, 2.05) is 37.3 Å². The second-order valence-corrected chi connectivity index (χ2v) is 5.09. The van der Waals surface area contributed by atoms with Crippen molar-refractivity contribution in [1.82, 2.24) is 5.32 Å². The van der Waals surface area contributed by atoms with E-state index in [1.54, 1.807) is 12.1 Å². The molecule has 0 radical (unpaired) electrons. The van der Waals surface area contributed by atoms with Crippen LogP contribution in [0.15, 0.2) is 48.5 Å². The van der Waals surface area contributed by atoms with E-state index < -0.39 is 0 Å². The first-order valence-electron chi connectivity index (χ1n) is 7.20. The van der Waals surface area contributed by atoms with Gasteiger partial charge in [-0.1, -0.05) is 18.2 Å². The smallest absolute Gasteiger partial charge is 0.170 e. The predicted octanol–water partition coefficient (Wildman–Crippen LogP) is 3.75. The molecule has 0 spiro atoms. The van der Waals surface area contributed by atoms with Gasteiger partial charge in [-0.15, -0.1) is 0 Å². The Labute approximate surface area is 135 Å². The largest absolute Gasteiger partial charge is 0.494 e. The molecule has 0 saturated heterocycles. The summed E-state index contributed by atoms with van der Waals surface area (Å²) in [5.41, 5.74) is 1.56. The number of ether oxygens (including phenoxy) is 1. The number of hydrogen-bond donors (Lipinski definition) is 2. The van der Waals surface area contributed by atoms with E-state index in [0.717, 1.165) is 11.4 Å². The quantitative estimate of drug-likeness (QED) is 0.795. The van der Waals surface area contributed by atoms with Gasteiger partial charge in [-0.3, -0.25) is 0 Å². The van der Waals surface area contributed by atoms with Crippen LogP contribution in [0.2, 0.25) is 0 Å². The van der Waals surface area contributed by atoms with Gasteiger partial charge < -0.3 is 15.4 Å². The number of rotatable bonds is 6. The van der Waals surface area contributed by atoms with Gasteiger partial charge in [0.05, 0.1) is 6.61 Å². The van der Waals surface area contributed by atoms with Gasteiger partial charge in [-0.05, 0) is 61.5 Å². The lowest BCUT2D eigenvalue weighted by atomic mass is 10.1. The zero-order valence-corrected chi connectivity index (χ0v) is 13.3. The molecule has 0 saturated carbocycles. The van der Waals surface area contributed by atoms with E-state index in [2.05, 4.69) is 10.6 Å². The standard InChI is InChI=1S/C17H19FN2OS/c1-2-21-15-9-7-14(8-10-15)20-17(22)19-12-11-13-5-3-4-6-16(13)18/h3-10H,2,11-12H2,1H3,(H2,19,20,22). The van der Waals surface area contributed by atoms with Crippen LogP contribution in [0.3, 0.4) is 0 Å². The lowest BCUT2D eigenvalue weighted by molar-refractivity contribution is 0.340. The Kier molecular flexibility index (Phi) is 6.15. The number of thiocarbonyl (C=S) groups is 1. The molecule has 2 N–H and O–H groups in total. The average Bonchev–Trinajstić information content (AvgIpc) is 2.51. The summed E-state index contributed by atoms with van der Waals surface area (Å²) in [5, 5.41) is 6.67. The Hall–Kier alpha value is -2.14. The summed E-state index contributed by atoms with van der Waals surface area (Å²) in [6.45, 7) is 3.16. The van der Waals surface area contributed by atoms with Gasteiger partial charge in [-0.2, -0.15) is 0 Å². The summed E-state index contributed by atoms with van der Waals surface area (Å²) < 4.78 is 18.9. The minimum Gasteiger partial charge on any atom is -0.494 e. The van der Waals surface area contributed by atoms with Gasteiger partial charge >= 0.3 is 0 Å².